The first-order chi connectivity index (χ1) is 9.19. The van der Waals surface area contributed by atoms with Crippen molar-refractivity contribution in [3.05, 3.63) is 12.7 Å². The molecule has 1 aliphatic heterocycles. The second-order valence-electron chi connectivity index (χ2n) is 4.87. The van der Waals surface area contributed by atoms with E-state index in [-0.39, 0.29) is 18.6 Å². The van der Waals surface area contributed by atoms with E-state index >= 15 is 0 Å². The summed E-state index contributed by atoms with van der Waals surface area (Å²) >= 11 is 1.68. The zero-order valence-electron chi connectivity index (χ0n) is 10.2. The Morgan fingerprint density at radius 3 is 2.84 bits per heavy atom. The summed E-state index contributed by atoms with van der Waals surface area (Å²) in [6.45, 7) is -0.0342. The molecule has 19 heavy (non-hydrogen) atoms. The van der Waals surface area contributed by atoms with Crippen LogP contribution < -0.4 is 5.73 Å². The average Bonchev–Trinajstić information content (AvgIpc) is 3.03. The number of aliphatic hydroxyl groups excluding tert-OH is 2. The molecule has 2 aromatic heterocycles. The summed E-state index contributed by atoms with van der Waals surface area (Å²) in [7, 11) is 0. The van der Waals surface area contributed by atoms with Crippen LogP contribution in [0.1, 0.15) is 11.8 Å². The van der Waals surface area contributed by atoms with E-state index in [1.54, 1.807) is 18.1 Å². The number of thioether (sulfide) groups is 1. The fourth-order valence-electron chi connectivity index (χ4n) is 2.29. The Bertz CT molecular complexity index is 598. The van der Waals surface area contributed by atoms with Crippen molar-refractivity contribution in [2.45, 2.75) is 11.8 Å². The van der Waals surface area contributed by atoms with Crippen molar-refractivity contribution < 1.29 is 10.2 Å². The van der Waals surface area contributed by atoms with Crippen molar-refractivity contribution in [1.82, 2.24) is 19.5 Å². The maximum absolute atomic E-state index is 9.45. The summed E-state index contributed by atoms with van der Waals surface area (Å²) in [6, 6.07) is 0. The molecule has 2 aromatic rings. The van der Waals surface area contributed by atoms with Crippen LogP contribution >= 0.6 is 11.8 Å². The Morgan fingerprint density at radius 1 is 1.37 bits per heavy atom. The highest BCUT2D eigenvalue weighted by Crippen LogP contribution is 2.47. The fraction of sp³-hybridized carbons (Fsp3) is 0.545. The van der Waals surface area contributed by atoms with Gasteiger partial charge in [-0.2, -0.15) is 0 Å². The Labute approximate surface area is 113 Å². The van der Waals surface area contributed by atoms with Crippen LogP contribution in [-0.4, -0.2) is 48.7 Å². The van der Waals surface area contributed by atoms with Crippen molar-refractivity contribution >= 4 is 28.7 Å². The molecule has 1 aliphatic rings. The highest BCUT2D eigenvalue weighted by atomic mass is 32.2. The van der Waals surface area contributed by atoms with E-state index in [4.69, 9.17) is 5.73 Å². The highest BCUT2D eigenvalue weighted by Gasteiger charge is 2.40. The normalized spacial score (nSPS) is 22.1. The van der Waals surface area contributed by atoms with E-state index in [1.807, 2.05) is 4.57 Å². The summed E-state index contributed by atoms with van der Waals surface area (Å²) in [4.78, 5) is 12.4. The fourth-order valence-corrected chi connectivity index (χ4v) is 3.92. The lowest BCUT2D eigenvalue weighted by Gasteiger charge is -2.22. The number of aromatic nitrogens is 4. The van der Waals surface area contributed by atoms with Gasteiger partial charge in [0.1, 0.15) is 11.8 Å². The van der Waals surface area contributed by atoms with E-state index in [0.717, 1.165) is 0 Å². The van der Waals surface area contributed by atoms with Crippen LogP contribution in [0.2, 0.25) is 0 Å². The standard InChI is InChI=1S/C11H15N5O2S/c12-9-8-10(14-5-13-9)16(6-15-8)7-1-11(2-17,3-18)4-19-7/h5-7,17-18H,1-4H2,(H2,12,13,14). The number of nitrogens with two attached hydrogens (primary N) is 1. The number of anilines is 1. The molecule has 0 amide bonds. The summed E-state index contributed by atoms with van der Waals surface area (Å²) < 4.78 is 1.94. The lowest BCUT2D eigenvalue weighted by molar-refractivity contribution is 0.0692. The van der Waals surface area contributed by atoms with Gasteiger partial charge in [0.15, 0.2) is 11.5 Å². The minimum atomic E-state index is -0.426. The number of fused-ring (bicyclic) bond motifs is 1. The molecule has 7 nitrogen and oxygen atoms in total. The first kappa shape index (κ1) is 12.6. The van der Waals surface area contributed by atoms with Gasteiger partial charge in [-0.3, -0.25) is 0 Å². The zero-order valence-corrected chi connectivity index (χ0v) is 11.0. The monoisotopic (exact) mass is 281 g/mol. The maximum atomic E-state index is 9.45. The number of nitrogen functional groups attached to an aromatic ring is 1. The average molecular weight is 281 g/mol. The third-order valence-electron chi connectivity index (χ3n) is 3.56. The van der Waals surface area contributed by atoms with Gasteiger partial charge in [0, 0.05) is 11.2 Å². The number of nitrogens with zero attached hydrogens (tertiary/aromatic N) is 4. The molecule has 1 fully saturated rings. The second kappa shape index (κ2) is 4.62. The summed E-state index contributed by atoms with van der Waals surface area (Å²) in [5, 5.41) is 19.0. The van der Waals surface area contributed by atoms with Crippen LogP contribution in [0.25, 0.3) is 11.2 Å². The second-order valence-corrected chi connectivity index (χ2v) is 6.04. The number of hydrogen-bond donors (Lipinski definition) is 3. The lowest BCUT2D eigenvalue weighted by atomic mass is 9.89. The molecular formula is C11H15N5O2S. The number of hydrogen-bond acceptors (Lipinski definition) is 7. The van der Waals surface area contributed by atoms with E-state index in [2.05, 4.69) is 15.0 Å². The number of rotatable bonds is 3. The summed E-state index contributed by atoms with van der Waals surface area (Å²) in [5.41, 5.74) is 6.62. The van der Waals surface area contributed by atoms with Gasteiger partial charge in [-0.25, -0.2) is 15.0 Å². The third kappa shape index (κ3) is 1.96. The Hall–Kier alpha value is -1.38. The van der Waals surface area contributed by atoms with Gasteiger partial charge < -0.3 is 20.5 Å². The number of aliphatic hydroxyl groups is 2. The van der Waals surface area contributed by atoms with Crippen LogP contribution in [0.15, 0.2) is 12.7 Å². The molecule has 1 unspecified atom stereocenters. The molecule has 3 rings (SSSR count). The predicted molar refractivity (Wildman–Crippen MR) is 72.5 cm³/mol. The van der Waals surface area contributed by atoms with Gasteiger partial charge in [0.25, 0.3) is 0 Å². The predicted octanol–water partition coefficient (Wildman–Crippen LogP) is 0.0150. The van der Waals surface area contributed by atoms with E-state index in [1.165, 1.54) is 6.33 Å². The molecule has 0 saturated carbocycles. The Balaban J connectivity index is 1.96. The van der Waals surface area contributed by atoms with E-state index < -0.39 is 5.41 Å². The van der Waals surface area contributed by atoms with Gasteiger partial charge in [0.2, 0.25) is 0 Å². The highest BCUT2D eigenvalue weighted by molar-refractivity contribution is 7.99. The molecule has 1 saturated heterocycles. The van der Waals surface area contributed by atoms with Crippen molar-refractivity contribution in [2.24, 2.45) is 5.41 Å². The van der Waals surface area contributed by atoms with Crippen LogP contribution in [0, 0.1) is 5.41 Å². The van der Waals surface area contributed by atoms with Crippen LogP contribution in [-0.2, 0) is 0 Å². The molecule has 0 aromatic carbocycles. The maximum Gasteiger partial charge on any atom is 0.166 e. The zero-order chi connectivity index (χ0) is 13.5. The van der Waals surface area contributed by atoms with Gasteiger partial charge in [-0.15, -0.1) is 11.8 Å². The van der Waals surface area contributed by atoms with Crippen molar-refractivity contribution in [3.8, 4) is 0 Å². The minimum absolute atomic E-state index is 0.0171. The van der Waals surface area contributed by atoms with Crippen molar-refractivity contribution in [2.75, 3.05) is 24.7 Å². The molecule has 4 N–H and O–H groups in total. The van der Waals surface area contributed by atoms with Gasteiger partial charge in [0.05, 0.1) is 24.9 Å². The number of imidazole rings is 1. The quantitative estimate of drug-likeness (QED) is 0.727. The first-order valence-corrected chi connectivity index (χ1v) is 7.00. The van der Waals surface area contributed by atoms with Gasteiger partial charge in [-0.1, -0.05) is 0 Å². The van der Waals surface area contributed by atoms with Crippen LogP contribution in [0.4, 0.5) is 5.82 Å². The van der Waals surface area contributed by atoms with Crippen molar-refractivity contribution in [1.29, 1.82) is 0 Å². The molecule has 8 heteroatoms. The topological polar surface area (TPSA) is 110 Å². The van der Waals surface area contributed by atoms with Crippen LogP contribution in [0.3, 0.4) is 0 Å². The minimum Gasteiger partial charge on any atom is -0.396 e. The van der Waals surface area contributed by atoms with E-state index in [9.17, 15) is 10.2 Å². The first-order valence-electron chi connectivity index (χ1n) is 5.95. The molecule has 0 radical (unpaired) electrons. The third-order valence-corrected chi connectivity index (χ3v) is 5.12. The smallest absolute Gasteiger partial charge is 0.166 e. The largest absolute Gasteiger partial charge is 0.396 e. The Kier molecular flexibility index (Phi) is 3.08. The molecule has 0 spiro atoms. The lowest BCUT2D eigenvalue weighted by Crippen LogP contribution is -2.29. The van der Waals surface area contributed by atoms with Gasteiger partial charge >= 0.3 is 0 Å². The van der Waals surface area contributed by atoms with Gasteiger partial charge in [-0.05, 0) is 6.42 Å². The van der Waals surface area contributed by atoms with Crippen LogP contribution in [0.5, 0.6) is 0 Å². The van der Waals surface area contributed by atoms with E-state index in [0.29, 0.717) is 29.2 Å². The molecule has 3 heterocycles. The van der Waals surface area contributed by atoms with Crippen molar-refractivity contribution in [3.63, 3.8) is 0 Å². The molecule has 0 bridgehead atoms. The molecule has 0 aliphatic carbocycles. The molecular weight excluding hydrogens is 266 g/mol. The Morgan fingerprint density at radius 2 is 2.16 bits per heavy atom. The molecule has 102 valence electrons. The molecule has 1 atom stereocenters. The summed E-state index contributed by atoms with van der Waals surface area (Å²) in [6.07, 6.45) is 3.79. The summed E-state index contributed by atoms with van der Waals surface area (Å²) in [5.74, 6) is 1.08. The SMILES string of the molecule is Nc1ncnc2c1ncn2C1CC(CO)(CO)CS1.